The predicted octanol–water partition coefficient (Wildman–Crippen LogP) is 4.58. The fourth-order valence-corrected chi connectivity index (χ4v) is 3.86. The number of amides is 1. The van der Waals surface area contributed by atoms with Crippen LogP contribution in [0.1, 0.15) is 27.7 Å². The van der Waals surface area contributed by atoms with Crippen LogP contribution in [0, 0.1) is 6.92 Å². The normalized spacial score (nSPS) is 10.8. The largest absolute Gasteiger partial charge is 0.497 e. The number of methoxy groups -OCH3 is 1. The molecule has 4 nitrogen and oxygen atoms in total. The molecule has 0 aliphatic heterocycles. The minimum Gasteiger partial charge on any atom is -0.497 e. The Morgan fingerprint density at radius 2 is 2.00 bits per heavy atom. The summed E-state index contributed by atoms with van der Waals surface area (Å²) in [5, 5.41) is 7.43. The van der Waals surface area contributed by atoms with E-state index in [0.29, 0.717) is 0 Å². The molecule has 0 radical (unpaired) electrons. The predicted molar refractivity (Wildman–Crippen MR) is 105 cm³/mol. The number of carbonyl (C=O) groups is 1. The van der Waals surface area contributed by atoms with Gasteiger partial charge in [-0.25, -0.2) is 0 Å². The van der Waals surface area contributed by atoms with Crippen molar-refractivity contribution >= 4 is 33.0 Å². The van der Waals surface area contributed by atoms with E-state index in [0.717, 1.165) is 50.6 Å². The monoisotopic (exact) mass is 354 g/mol. The highest BCUT2D eigenvalue weighted by molar-refractivity contribution is 7.21. The zero-order chi connectivity index (χ0) is 17.8. The minimum atomic E-state index is -0.0679. The maximum atomic E-state index is 12.8. The maximum absolute atomic E-state index is 12.8. The highest BCUT2D eigenvalue weighted by Crippen LogP contribution is 2.34. The summed E-state index contributed by atoms with van der Waals surface area (Å²) in [6, 6.07) is 13.8. The number of aryl methyl sites for hydroxylation is 1. The van der Waals surface area contributed by atoms with Gasteiger partial charge in [-0.15, -0.1) is 11.3 Å². The van der Waals surface area contributed by atoms with Crippen molar-refractivity contribution < 1.29 is 9.53 Å². The van der Waals surface area contributed by atoms with Crippen molar-refractivity contribution in [2.75, 3.05) is 19.0 Å². The molecule has 3 aromatic rings. The lowest BCUT2D eigenvalue weighted by Gasteiger charge is -2.11. The number of anilines is 1. The van der Waals surface area contributed by atoms with Crippen molar-refractivity contribution in [3.8, 4) is 5.75 Å². The molecule has 130 valence electrons. The molecule has 1 amide bonds. The van der Waals surface area contributed by atoms with E-state index in [9.17, 15) is 4.79 Å². The quantitative estimate of drug-likeness (QED) is 0.681. The number of hydrogen-bond acceptors (Lipinski definition) is 4. The van der Waals surface area contributed by atoms with E-state index in [1.807, 2.05) is 49.4 Å². The third-order valence-corrected chi connectivity index (χ3v) is 5.45. The number of nitrogens with one attached hydrogen (secondary N) is 2. The van der Waals surface area contributed by atoms with Gasteiger partial charge in [0.05, 0.1) is 12.0 Å². The summed E-state index contributed by atoms with van der Waals surface area (Å²) in [6.07, 6.45) is 0. The summed E-state index contributed by atoms with van der Waals surface area (Å²) < 4.78 is 6.38. The van der Waals surface area contributed by atoms with E-state index < -0.39 is 0 Å². The first kappa shape index (κ1) is 17.5. The van der Waals surface area contributed by atoms with Gasteiger partial charge in [-0.05, 0) is 54.2 Å². The van der Waals surface area contributed by atoms with Gasteiger partial charge in [0, 0.05) is 16.9 Å². The van der Waals surface area contributed by atoms with Crippen LogP contribution in [-0.4, -0.2) is 19.6 Å². The molecule has 0 fully saturated rings. The molecule has 2 aromatic carbocycles. The van der Waals surface area contributed by atoms with Crippen LogP contribution in [0.15, 0.2) is 42.5 Å². The summed E-state index contributed by atoms with van der Waals surface area (Å²) in [7, 11) is 1.65. The first-order chi connectivity index (χ1) is 12.1. The second kappa shape index (κ2) is 7.68. The minimum absolute atomic E-state index is 0.0679. The molecule has 0 aliphatic carbocycles. The molecule has 0 atom stereocenters. The number of carbonyl (C=O) groups excluding carboxylic acids is 1. The number of rotatable bonds is 6. The number of benzene rings is 2. The molecule has 25 heavy (non-hydrogen) atoms. The Kier molecular flexibility index (Phi) is 5.36. The maximum Gasteiger partial charge on any atom is 0.266 e. The molecule has 2 N–H and O–H groups in total. The van der Waals surface area contributed by atoms with Crippen LogP contribution in [0.5, 0.6) is 5.75 Å². The first-order valence-corrected chi connectivity index (χ1v) is 9.12. The number of thiophene rings is 1. The molecule has 3 rings (SSSR count). The van der Waals surface area contributed by atoms with Gasteiger partial charge in [0.15, 0.2) is 0 Å². The van der Waals surface area contributed by atoms with E-state index in [1.54, 1.807) is 7.11 Å². The zero-order valence-corrected chi connectivity index (χ0v) is 15.5. The second-order valence-corrected chi connectivity index (χ2v) is 6.86. The summed E-state index contributed by atoms with van der Waals surface area (Å²) in [5.74, 6) is 0.734. The van der Waals surface area contributed by atoms with Gasteiger partial charge in [-0.1, -0.05) is 25.1 Å². The van der Waals surface area contributed by atoms with E-state index in [2.05, 4.69) is 17.6 Å². The summed E-state index contributed by atoms with van der Waals surface area (Å²) >= 11 is 1.51. The topological polar surface area (TPSA) is 50.4 Å². The highest BCUT2D eigenvalue weighted by Gasteiger charge is 2.17. The van der Waals surface area contributed by atoms with Gasteiger partial charge >= 0.3 is 0 Å². The average Bonchev–Trinajstić information content (AvgIpc) is 2.97. The van der Waals surface area contributed by atoms with Gasteiger partial charge in [0.25, 0.3) is 5.91 Å². The standard InChI is InChI=1S/C20H22N2O2S/c1-4-21-12-14-7-5-6-8-17(14)22-20(23)19-13(2)16-11-15(24-3)9-10-18(16)25-19/h5-11,21H,4,12H2,1-3H3,(H,22,23). The number of ether oxygens (including phenoxy) is 1. The number of para-hydroxylation sites is 1. The molecule has 0 unspecified atom stereocenters. The highest BCUT2D eigenvalue weighted by atomic mass is 32.1. The summed E-state index contributed by atoms with van der Waals surface area (Å²) in [6.45, 7) is 5.67. The van der Waals surface area contributed by atoms with Crippen molar-refractivity contribution in [1.29, 1.82) is 0 Å². The van der Waals surface area contributed by atoms with E-state index in [-0.39, 0.29) is 5.91 Å². The third kappa shape index (κ3) is 3.67. The fraction of sp³-hybridized carbons (Fsp3) is 0.250. The molecule has 1 heterocycles. The summed E-state index contributed by atoms with van der Waals surface area (Å²) in [4.78, 5) is 13.6. The molecular formula is C20H22N2O2S. The summed E-state index contributed by atoms with van der Waals surface area (Å²) in [5.41, 5.74) is 2.92. The number of hydrogen-bond donors (Lipinski definition) is 2. The van der Waals surface area contributed by atoms with Crippen LogP contribution in [0.2, 0.25) is 0 Å². The smallest absolute Gasteiger partial charge is 0.266 e. The van der Waals surface area contributed by atoms with Gasteiger partial charge in [0.1, 0.15) is 5.75 Å². The van der Waals surface area contributed by atoms with Crippen LogP contribution in [0.3, 0.4) is 0 Å². The first-order valence-electron chi connectivity index (χ1n) is 8.31. The lowest BCUT2D eigenvalue weighted by Crippen LogP contribution is -2.16. The Hall–Kier alpha value is -2.37. The Balaban J connectivity index is 1.89. The SMILES string of the molecule is CCNCc1ccccc1NC(=O)c1sc2ccc(OC)cc2c1C. The molecule has 0 saturated heterocycles. The molecule has 0 aliphatic rings. The van der Waals surface area contributed by atoms with Crippen LogP contribution in [0.4, 0.5) is 5.69 Å². The van der Waals surface area contributed by atoms with E-state index in [4.69, 9.17) is 4.74 Å². The fourth-order valence-electron chi connectivity index (χ4n) is 2.78. The van der Waals surface area contributed by atoms with Gasteiger partial charge < -0.3 is 15.4 Å². The van der Waals surface area contributed by atoms with Gasteiger partial charge in [0.2, 0.25) is 0 Å². The van der Waals surface area contributed by atoms with Crippen molar-refractivity contribution in [2.45, 2.75) is 20.4 Å². The lowest BCUT2D eigenvalue weighted by molar-refractivity contribution is 0.103. The molecule has 0 bridgehead atoms. The van der Waals surface area contributed by atoms with Gasteiger partial charge in [-0.3, -0.25) is 4.79 Å². The molecule has 0 saturated carbocycles. The molecule has 0 spiro atoms. The third-order valence-electron chi connectivity index (χ3n) is 4.18. The van der Waals surface area contributed by atoms with E-state index in [1.165, 1.54) is 11.3 Å². The lowest BCUT2D eigenvalue weighted by atomic mass is 10.1. The number of fused-ring (bicyclic) bond motifs is 1. The van der Waals surface area contributed by atoms with Crippen molar-refractivity contribution in [3.63, 3.8) is 0 Å². The molecule has 5 heteroatoms. The molecular weight excluding hydrogens is 332 g/mol. The van der Waals surface area contributed by atoms with Crippen LogP contribution >= 0.6 is 11.3 Å². The van der Waals surface area contributed by atoms with Crippen LogP contribution in [0.25, 0.3) is 10.1 Å². The van der Waals surface area contributed by atoms with Crippen molar-refractivity contribution in [3.05, 3.63) is 58.5 Å². The second-order valence-electron chi connectivity index (χ2n) is 5.81. The zero-order valence-electron chi connectivity index (χ0n) is 14.7. The van der Waals surface area contributed by atoms with Crippen LogP contribution < -0.4 is 15.4 Å². The Morgan fingerprint density at radius 1 is 1.20 bits per heavy atom. The Morgan fingerprint density at radius 3 is 2.76 bits per heavy atom. The Labute approximate surface area is 151 Å². The van der Waals surface area contributed by atoms with Gasteiger partial charge in [-0.2, -0.15) is 0 Å². The van der Waals surface area contributed by atoms with Crippen LogP contribution in [-0.2, 0) is 6.54 Å². The Bertz CT molecular complexity index is 902. The van der Waals surface area contributed by atoms with Crippen molar-refractivity contribution in [2.24, 2.45) is 0 Å². The van der Waals surface area contributed by atoms with E-state index >= 15 is 0 Å². The van der Waals surface area contributed by atoms with Crippen molar-refractivity contribution in [1.82, 2.24) is 5.32 Å². The molecule has 1 aromatic heterocycles. The average molecular weight is 354 g/mol.